The van der Waals surface area contributed by atoms with Crippen molar-refractivity contribution in [3.05, 3.63) is 72.3 Å². The predicted molar refractivity (Wildman–Crippen MR) is 123 cm³/mol. The van der Waals surface area contributed by atoms with Crippen LogP contribution in [0.1, 0.15) is 11.9 Å². The lowest BCUT2D eigenvalue weighted by Crippen LogP contribution is -2.15. The monoisotopic (exact) mass is 439 g/mol. The standard InChI is InChI=1S/C23H25N3O4S/c1-25(2)18-12-16(13-19(15-18)26(3)4)23-29-21-11-10-17(14-22(21)30-23)24-31(27,28)20-8-6-5-7-9-20/h5-15,23-24H,1-4H3. The Kier molecular flexibility index (Phi) is 5.41. The third kappa shape index (κ3) is 4.39. The van der Waals surface area contributed by atoms with Crippen molar-refractivity contribution in [2.75, 3.05) is 42.7 Å². The highest BCUT2D eigenvalue weighted by atomic mass is 32.2. The number of sulfonamides is 1. The van der Waals surface area contributed by atoms with Gasteiger partial charge in [-0.2, -0.15) is 0 Å². The first-order valence-corrected chi connectivity index (χ1v) is 11.3. The highest BCUT2D eigenvalue weighted by Gasteiger charge is 2.28. The number of ether oxygens (including phenoxy) is 2. The van der Waals surface area contributed by atoms with Gasteiger partial charge >= 0.3 is 0 Å². The Bertz CT molecular complexity index is 1170. The largest absolute Gasteiger partial charge is 0.447 e. The molecule has 31 heavy (non-hydrogen) atoms. The van der Waals surface area contributed by atoms with E-state index in [1.54, 1.807) is 48.5 Å². The summed E-state index contributed by atoms with van der Waals surface area (Å²) >= 11 is 0. The lowest BCUT2D eigenvalue weighted by molar-refractivity contribution is 0.0488. The van der Waals surface area contributed by atoms with Gasteiger partial charge in [0.05, 0.1) is 10.6 Å². The minimum atomic E-state index is -3.68. The topological polar surface area (TPSA) is 71.1 Å². The van der Waals surface area contributed by atoms with Crippen molar-refractivity contribution in [1.29, 1.82) is 0 Å². The SMILES string of the molecule is CN(C)c1cc(C2Oc3ccc(NS(=O)(=O)c4ccccc4)cc3O2)cc(N(C)C)c1. The van der Waals surface area contributed by atoms with E-state index >= 15 is 0 Å². The predicted octanol–water partition coefficient (Wildman–Crippen LogP) is 4.09. The molecule has 7 nitrogen and oxygen atoms in total. The van der Waals surface area contributed by atoms with E-state index in [9.17, 15) is 8.42 Å². The molecule has 1 aliphatic heterocycles. The molecule has 4 rings (SSSR count). The quantitative estimate of drug-likeness (QED) is 0.624. The van der Waals surface area contributed by atoms with Crippen molar-refractivity contribution >= 4 is 27.1 Å². The lowest BCUT2D eigenvalue weighted by atomic mass is 10.1. The van der Waals surface area contributed by atoms with E-state index in [2.05, 4.69) is 10.8 Å². The average molecular weight is 440 g/mol. The van der Waals surface area contributed by atoms with Crippen LogP contribution in [0.3, 0.4) is 0 Å². The van der Waals surface area contributed by atoms with Gasteiger partial charge in [-0.3, -0.25) is 4.72 Å². The molecule has 162 valence electrons. The third-order valence-corrected chi connectivity index (χ3v) is 6.34. The van der Waals surface area contributed by atoms with Crippen LogP contribution in [0.25, 0.3) is 0 Å². The number of rotatable bonds is 6. The zero-order chi connectivity index (χ0) is 22.2. The molecule has 0 spiro atoms. The highest BCUT2D eigenvalue weighted by Crippen LogP contribution is 2.43. The second-order valence-corrected chi connectivity index (χ2v) is 9.40. The second kappa shape index (κ2) is 8.03. The van der Waals surface area contributed by atoms with Crippen LogP contribution < -0.4 is 24.0 Å². The van der Waals surface area contributed by atoms with Crippen LogP contribution >= 0.6 is 0 Å². The third-order valence-electron chi connectivity index (χ3n) is 4.95. The number of hydrogen-bond acceptors (Lipinski definition) is 6. The molecule has 0 bridgehead atoms. The Morgan fingerprint density at radius 3 is 2.00 bits per heavy atom. The molecule has 0 radical (unpaired) electrons. The summed E-state index contributed by atoms with van der Waals surface area (Å²) in [5.41, 5.74) is 3.33. The molecule has 0 aromatic heterocycles. The summed E-state index contributed by atoms with van der Waals surface area (Å²) in [5.74, 6) is 1.05. The number of anilines is 3. The van der Waals surface area contributed by atoms with Gasteiger partial charge in [0.1, 0.15) is 0 Å². The molecule has 0 saturated heterocycles. The fourth-order valence-electron chi connectivity index (χ4n) is 3.24. The summed E-state index contributed by atoms with van der Waals surface area (Å²) in [4.78, 5) is 4.24. The Morgan fingerprint density at radius 1 is 0.774 bits per heavy atom. The van der Waals surface area contributed by atoms with Crippen molar-refractivity contribution in [2.45, 2.75) is 11.2 Å². The van der Waals surface area contributed by atoms with E-state index in [0.29, 0.717) is 17.2 Å². The fourth-order valence-corrected chi connectivity index (χ4v) is 4.31. The summed E-state index contributed by atoms with van der Waals surface area (Å²) < 4.78 is 39.8. The van der Waals surface area contributed by atoms with E-state index in [1.165, 1.54) is 0 Å². The van der Waals surface area contributed by atoms with Crippen molar-refractivity contribution in [2.24, 2.45) is 0 Å². The van der Waals surface area contributed by atoms with Gasteiger partial charge in [-0.15, -0.1) is 0 Å². The summed E-state index contributed by atoms with van der Waals surface area (Å²) in [6.07, 6.45) is -0.616. The minimum Gasteiger partial charge on any atom is -0.447 e. The Balaban J connectivity index is 1.58. The molecule has 1 aliphatic rings. The molecular weight excluding hydrogens is 414 g/mol. The molecule has 1 atom stereocenters. The van der Waals surface area contributed by atoms with Gasteiger partial charge < -0.3 is 19.3 Å². The van der Waals surface area contributed by atoms with Crippen molar-refractivity contribution < 1.29 is 17.9 Å². The summed E-state index contributed by atoms with van der Waals surface area (Å²) in [6, 6.07) is 19.4. The van der Waals surface area contributed by atoms with Gasteiger partial charge in [0.25, 0.3) is 16.3 Å². The van der Waals surface area contributed by atoms with E-state index in [0.717, 1.165) is 16.9 Å². The van der Waals surface area contributed by atoms with Crippen molar-refractivity contribution in [3.63, 3.8) is 0 Å². The zero-order valence-corrected chi connectivity index (χ0v) is 18.7. The number of fused-ring (bicyclic) bond motifs is 1. The number of benzene rings is 3. The van der Waals surface area contributed by atoms with E-state index in [-0.39, 0.29) is 4.90 Å². The number of hydrogen-bond donors (Lipinski definition) is 1. The van der Waals surface area contributed by atoms with Crippen molar-refractivity contribution in [3.8, 4) is 11.5 Å². The molecule has 1 unspecified atom stereocenters. The maximum atomic E-state index is 12.6. The van der Waals surface area contributed by atoms with Gasteiger partial charge in [-0.1, -0.05) is 18.2 Å². The molecule has 3 aromatic carbocycles. The Labute approximate surface area is 182 Å². The second-order valence-electron chi connectivity index (χ2n) is 7.72. The zero-order valence-electron chi connectivity index (χ0n) is 17.9. The first-order valence-electron chi connectivity index (χ1n) is 9.78. The van der Waals surface area contributed by atoms with Crippen LogP contribution in [0.15, 0.2) is 71.6 Å². The number of nitrogens with one attached hydrogen (secondary N) is 1. The van der Waals surface area contributed by atoms with Crippen LogP contribution in [0.5, 0.6) is 11.5 Å². The molecule has 1 heterocycles. The minimum absolute atomic E-state index is 0.197. The highest BCUT2D eigenvalue weighted by molar-refractivity contribution is 7.92. The maximum absolute atomic E-state index is 12.6. The van der Waals surface area contributed by atoms with Gasteiger partial charge in [0.2, 0.25) is 0 Å². The summed E-state index contributed by atoms with van der Waals surface area (Å²) in [6.45, 7) is 0. The summed E-state index contributed by atoms with van der Waals surface area (Å²) in [7, 11) is 4.24. The molecule has 0 saturated carbocycles. The molecule has 0 fully saturated rings. The molecular formula is C23H25N3O4S. The van der Waals surface area contributed by atoms with Gasteiger partial charge in [0, 0.05) is 51.2 Å². The molecule has 0 amide bonds. The van der Waals surface area contributed by atoms with E-state index < -0.39 is 16.3 Å². The molecule has 8 heteroatoms. The van der Waals surface area contributed by atoms with Crippen LogP contribution in [0, 0.1) is 0 Å². The normalized spacial score (nSPS) is 14.9. The molecule has 1 N–H and O–H groups in total. The summed E-state index contributed by atoms with van der Waals surface area (Å²) in [5, 5.41) is 0. The van der Waals surface area contributed by atoms with Crippen LogP contribution in [-0.2, 0) is 10.0 Å². The number of nitrogens with zero attached hydrogens (tertiary/aromatic N) is 2. The molecule has 0 aliphatic carbocycles. The maximum Gasteiger partial charge on any atom is 0.268 e. The van der Waals surface area contributed by atoms with Crippen LogP contribution in [-0.4, -0.2) is 36.6 Å². The van der Waals surface area contributed by atoms with Gasteiger partial charge in [-0.25, -0.2) is 8.42 Å². The van der Waals surface area contributed by atoms with E-state index in [1.807, 2.05) is 50.1 Å². The first kappa shape index (κ1) is 20.9. The molecule has 3 aromatic rings. The van der Waals surface area contributed by atoms with Crippen LogP contribution in [0.4, 0.5) is 17.1 Å². The Morgan fingerprint density at radius 2 is 1.39 bits per heavy atom. The lowest BCUT2D eigenvalue weighted by Gasteiger charge is -2.21. The van der Waals surface area contributed by atoms with Gasteiger partial charge in [-0.05, 0) is 42.5 Å². The van der Waals surface area contributed by atoms with Crippen molar-refractivity contribution in [1.82, 2.24) is 0 Å². The first-order chi connectivity index (χ1) is 14.7. The van der Waals surface area contributed by atoms with Gasteiger partial charge in [0.15, 0.2) is 11.5 Å². The van der Waals surface area contributed by atoms with Crippen LogP contribution in [0.2, 0.25) is 0 Å². The smallest absolute Gasteiger partial charge is 0.268 e. The van der Waals surface area contributed by atoms with E-state index in [4.69, 9.17) is 9.47 Å². The fraction of sp³-hybridized carbons (Fsp3) is 0.217. The Hall–Kier alpha value is -3.39. The average Bonchev–Trinajstić information content (AvgIpc) is 3.17.